The predicted octanol–water partition coefficient (Wildman–Crippen LogP) is 6.58. The van der Waals surface area contributed by atoms with Gasteiger partial charge in [-0.2, -0.15) is 13.2 Å². The van der Waals surface area contributed by atoms with Crippen LogP contribution in [0.4, 0.5) is 23.2 Å². The summed E-state index contributed by atoms with van der Waals surface area (Å²) < 4.78 is 68.1. The van der Waals surface area contributed by atoms with Gasteiger partial charge in [-0.1, -0.05) is 43.6 Å². The molecular weight excluding hydrogens is 552 g/mol. The van der Waals surface area contributed by atoms with Crippen molar-refractivity contribution in [2.45, 2.75) is 32.2 Å². The van der Waals surface area contributed by atoms with E-state index in [4.69, 9.17) is 21.1 Å². The molecule has 212 valence electrons. The van der Waals surface area contributed by atoms with Crippen molar-refractivity contribution in [3.05, 3.63) is 93.5 Å². The molecule has 1 aliphatic rings. The molecule has 0 aliphatic carbocycles. The monoisotopic (exact) mass is 578 g/mol. The van der Waals surface area contributed by atoms with Gasteiger partial charge in [0.1, 0.15) is 5.75 Å². The second-order valence-corrected chi connectivity index (χ2v) is 9.63. The average molecular weight is 579 g/mol. The molecule has 0 saturated carbocycles. The summed E-state index contributed by atoms with van der Waals surface area (Å²) in [5, 5.41) is 0.0866. The third-order valence-corrected chi connectivity index (χ3v) is 7.08. The largest absolute Gasteiger partial charge is 0.496 e. The normalized spacial score (nSPS) is 16.8. The molecule has 6 nitrogen and oxygen atoms in total. The number of esters is 1. The molecule has 1 amide bonds. The van der Waals surface area contributed by atoms with E-state index in [1.807, 2.05) is 19.9 Å². The molecule has 0 bridgehead atoms. The zero-order valence-corrected chi connectivity index (χ0v) is 22.8. The van der Waals surface area contributed by atoms with E-state index >= 15 is 4.39 Å². The first-order valence-corrected chi connectivity index (χ1v) is 12.9. The van der Waals surface area contributed by atoms with Gasteiger partial charge in [0.2, 0.25) is 5.67 Å². The smallest absolute Gasteiger partial charge is 0.416 e. The van der Waals surface area contributed by atoms with Gasteiger partial charge in [-0.25, -0.2) is 9.18 Å². The lowest BCUT2D eigenvalue weighted by Gasteiger charge is -2.23. The van der Waals surface area contributed by atoms with Crippen molar-refractivity contribution in [3.8, 4) is 5.75 Å². The summed E-state index contributed by atoms with van der Waals surface area (Å²) in [5.74, 6) is -2.10. The van der Waals surface area contributed by atoms with Gasteiger partial charge in [0.25, 0.3) is 5.91 Å². The van der Waals surface area contributed by atoms with E-state index in [2.05, 4.69) is 4.90 Å². The van der Waals surface area contributed by atoms with Crippen molar-refractivity contribution < 1.29 is 36.6 Å². The van der Waals surface area contributed by atoms with Crippen LogP contribution in [0.5, 0.6) is 5.75 Å². The molecule has 0 fully saturated rings. The maximum Gasteiger partial charge on any atom is 0.416 e. The van der Waals surface area contributed by atoms with Gasteiger partial charge in [-0.05, 0) is 61.1 Å². The first-order chi connectivity index (χ1) is 18.9. The van der Waals surface area contributed by atoms with Crippen LogP contribution in [0.25, 0.3) is 0 Å². The maximum atomic E-state index is 16.9. The quantitative estimate of drug-likeness (QED) is 0.212. The summed E-state index contributed by atoms with van der Waals surface area (Å²) in [7, 11) is 1.26. The molecule has 3 aromatic rings. The molecule has 0 radical (unpaired) electrons. The van der Waals surface area contributed by atoms with E-state index in [-0.39, 0.29) is 33.1 Å². The zero-order chi connectivity index (χ0) is 29.2. The Morgan fingerprint density at radius 3 is 2.40 bits per heavy atom. The number of ether oxygens (including phenoxy) is 2. The minimum absolute atomic E-state index is 0.0324. The summed E-state index contributed by atoms with van der Waals surface area (Å²) in [6.45, 7) is 5.42. The summed E-state index contributed by atoms with van der Waals surface area (Å²) in [6, 6.07) is 12.9. The standard InChI is InChI=1S/C29H27ClF4N2O4/c1-4-35(5-2)16-18-7-6-8-19(13-18)26(37)40-17-36-24-14-20(29(32,33)34)9-11-22(24)28(31,27(36)38)23-15-21(30)10-12-25(23)39-3/h6-15H,4-5,16-17H2,1-3H3/t28-/m0/s1. The number of amides is 1. The SMILES string of the molecule is CCN(CC)Cc1cccc(C(=O)OCN2C(=O)[C@@](F)(c3cc(Cl)ccc3OC)c3ccc(C(F)(F)F)cc32)c1. The predicted molar refractivity (Wildman–Crippen MR) is 142 cm³/mol. The third kappa shape index (κ3) is 5.51. The second kappa shape index (κ2) is 11.5. The van der Waals surface area contributed by atoms with Crippen LogP contribution >= 0.6 is 11.6 Å². The van der Waals surface area contributed by atoms with Gasteiger partial charge in [-0.3, -0.25) is 14.6 Å². The number of rotatable bonds is 9. The lowest BCUT2D eigenvalue weighted by atomic mass is 9.88. The highest BCUT2D eigenvalue weighted by molar-refractivity contribution is 6.30. The van der Waals surface area contributed by atoms with E-state index < -0.39 is 36.0 Å². The van der Waals surface area contributed by atoms with Gasteiger partial charge in [0.15, 0.2) is 6.73 Å². The molecule has 1 heterocycles. The van der Waals surface area contributed by atoms with Crippen molar-refractivity contribution >= 4 is 29.2 Å². The van der Waals surface area contributed by atoms with Crippen molar-refractivity contribution in [1.29, 1.82) is 0 Å². The molecule has 0 saturated heterocycles. The average Bonchev–Trinajstić information content (AvgIpc) is 3.16. The number of anilines is 1. The molecule has 11 heteroatoms. The Labute approximate surface area is 234 Å². The van der Waals surface area contributed by atoms with E-state index in [9.17, 15) is 22.8 Å². The van der Waals surface area contributed by atoms with Crippen LogP contribution in [0.2, 0.25) is 5.02 Å². The molecule has 0 N–H and O–H groups in total. The lowest BCUT2D eigenvalue weighted by Crippen LogP contribution is -2.40. The van der Waals surface area contributed by atoms with Crippen molar-refractivity contribution in [2.24, 2.45) is 0 Å². The van der Waals surface area contributed by atoms with Crippen LogP contribution in [0.3, 0.4) is 0 Å². The maximum absolute atomic E-state index is 16.9. The van der Waals surface area contributed by atoms with E-state index in [0.717, 1.165) is 24.7 Å². The highest BCUT2D eigenvalue weighted by Crippen LogP contribution is 2.51. The van der Waals surface area contributed by atoms with E-state index in [0.29, 0.717) is 23.6 Å². The van der Waals surface area contributed by atoms with Gasteiger partial charge in [0, 0.05) is 22.7 Å². The molecule has 0 aromatic heterocycles. The van der Waals surface area contributed by atoms with Crippen LogP contribution in [0.1, 0.15) is 46.5 Å². The van der Waals surface area contributed by atoms with E-state index in [1.165, 1.54) is 31.4 Å². The van der Waals surface area contributed by atoms with Crippen molar-refractivity contribution in [2.75, 3.05) is 31.8 Å². The Kier molecular flexibility index (Phi) is 8.41. The number of benzene rings is 3. The highest BCUT2D eigenvalue weighted by atomic mass is 35.5. The van der Waals surface area contributed by atoms with Gasteiger partial charge < -0.3 is 9.47 Å². The number of fused-ring (bicyclic) bond motifs is 1. The molecule has 4 rings (SSSR count). The van der Waals surface area contributed by atoms with Gasteiger partial charge in [0.05, 0.1) is 23.9 Å². The zero-order valence-electron chi connectivity index (χ0n) is 22.0. The number of halogens is 5. The number of hydrogen-bond acceptors (Lipinski definition) is 5. The molecule has 40 heavy (non-hydrogen) atoms. The van der Waals surface area contributed by atoms with Crippen LogP contribution in [0.15, 0.2) is 60.7 Å². The summed E-state index contributed by atoms with van der Waals surface area (Å²) in [4.78, 5) is 29.3. The van der Waals surface area contributed by atoms with Gasteiger partial charge in [-0.15, -0.1) is 0 Å². The molecule has 0 unspecified atom stereocenters. The number of alkyl halides is 4. The Bertz CT molecular complexity index is 1430. The Morgan fingerprint density at radius 2 is 1.75 bits per heavy atom. The van der Waals surface area contributed by atoms with E-state index in [1.54, 1.807) is 12.1 Å². The van der Waals surface area contributed by atoms with Crippen LogP contribution in [-0.4, -0.2) is 43.7 Å². The molecular formula is C29H27ClF4N2O4. The minimum Gasteiger partial charge on any atom is -0.496 e. The number of methoxy groups -OCH3 is 1. The Morgan fingerprint density at radius 1 is 1.02 bits per heavy atom. The fraction of sp³-hybridized carbons (Fsp3) is 0.310. The topological polar surface area (TPSA) is 59.1 Å². The number of carbonyl (C=O) groups is 2. The van der Waals surface area contributed by atoms with Gasteiger partial charge >= 0.3 is 12.1 Å². The fourth-order valence-corrected chi connectivity index (χ4v) is 4.85. The second-order valence-electron chi connectivity index (χ2n) is 9.19. The summed E-state index contributed by atoms with van der Waals surface area (Å²) >= 11 is 6.08. The first-order valence-electron chi connectivity index (χ1n) is 12.5. The third-order valence-electron chi connectivity index (χ3n) is 6.85. The lowest BCUT2D eigenvalue weighted by molar-refractivity contribution is -0.137. The Balaban J connectivity index is 1.69. The van der Waals surface area contributed by atoms with Crippen LogP contribution in [0, 0.1) is 0 Å². The van der Waals surface area contributed by atoms with Crippen LogP contribution in [-0.2, 0) is 27.9 Å². The van der Waals surface area contributed by atoms with Crippen molar-refractivity contribution in [3.63, 3.8) is 0 Å². The molecule has 1 atom stereocenters. The first kappa shape index (κ1) is 29.4. The fourth-order valence-electron chi connectivity index (χ4n) is 4.68. The van der Waals surface area contributed by atoms with Crippen molar-refractivity contribution in [1.82, 2.24) is 4.90 Å². The number of carbonyl (C=O) groups excluding carboxylic acids is 2. The summed E-state index contributed by atoms with van der Waals surface area (Å²) in [5.41, 5.74) is -4.04. The minimum atomic E-state index is -4.76. The molecule has 0 spiro atoms. The molecule has 1 aliphatic heterocycles. The summed E-state index contributed by atoms with van der Waals surface area (Å²) in [6.07, 6.45) is -4.76. The molecule has 3 aromatic carbocycles. The number of nitrogens with zero attached hydrogens (tertiary/aromatic N) is 2. The highest BCUT2D eigenvalue weighted by Gasteiger charge is 2.55. The Hall–Kier alpha value is -3.63. The van der Waals surface area contributed by atoms with Crippen LogP contribution < -0.4 is 9.64 Å². The number of hydrogen-bond donors (Lipinski definition) is 0.